The summed E-state index contributed by atoms with van der Waals surface area (Å²) in [6.45, 7) is 4.29. The van der Waals surface area contributed by atoms with Gasteiger partial charge in [0.2, 0.25) is 5.91 Å². The van der Waals surface area contributed by atoms with Gasteiger partial charge in [-0.25, -0.2) is 0 Å². The summed E-state index contributed by atoms with van der Waals surface area (Å²) in [7, 11) is 0. The molecule has 2 aliphatic rings. The number of hydrogen-bond acceptors (Lipinski definition) is 3. The zero-order chi connectivity index (χ0) is 17.6. The molecule has 0 bridgehead atoms. The fourth-order valence-electron chi connectivity index (χ4n) is 4.03. The van der Waals surface area contributed by atoms with Crippen molar-refractivity contribution in [3.63, 3.8) is 0 Å². The Balaban J connectivity index is 1.56. The molecule has 1 aromatic heterocycles. The van der Waals surface area contributed by atoms with Crippen molar-refractivity contribution in [1.29, 1.82) is 0 Å². The molecular weight excluding hydrogens is 316 g/mol. The van der Waals surface area contributed by atoms with Crippen LogP contribution < -0.4 is 5.32 Å². The van der Waals surface area contributed by atoms with E-state index in [0.717, 1.165) is 32.4 Å². The number of rotatable bonds is 6. The molecule has 1 atom stereocenters. The molecule has 1 N–H and O–H groups in total. The number of aryl methyl sites for hydroxylation is 1. The lowest BCUT2D eigenvalue weighted by Gasteiger charge is -2.26. The first kappa shape index (κ1) is 18.0. The van der Waals surface area contributed by atoms with Gasteiger partial charge in [0.25, 0.3) is 5.91 Å². The predicted molar refractivity (Wildman–Crippen MR) is 96.2 cm³/mol. The minimum Gasteiger partial charge on any atom is -0.354 e. The van der Waals surface area contributed by atoms with Gasteiger partial charge in [0, 0.05) is 25.8 Å². The number of amides is 2. The highest BCUT2D eigenvalue weighted by Crippen LogP contribution is 2.24. The monoisotopic (exact) mass is 346 g/mol. The first-order chi connectivity index (χ1) is 12.2. The average molecular weight is 346 g/mol. The molecule has 1 aromatic rings. The van der Waals surface area contributed by atoms with Crippen LogP contribution in [0.4, 0.5) is 0 Å². The standard InChI is InChI=1S/C19H30N4O2/c1-2-10-22-14-16(13-21-22)19(25)23-11-6-9-17(23)18(24)20-12-15-7-4-3-5-8-15/h13-15,17H,2-12H2,1H3,(H,20,24)/t17-/m0/s1. The van der Waals surface area contributed by atoms with Crippen LogP contribution >= 0.6 is 0 Å². The van der Waals surface area contributed by atoms with Crippen LogP contribution in [0.15, 0.2) is 12.4 Å². The molecule has 1 saturated heterocycles. The highest BCUT2D eigenvalue weighted by molar-refractivity contribution is 5.97. The van der Waals surface area contributed by atoms with Gasteiger partial charge in [-0.2, -0.15) is 5.10 Å². The fraction of sp³-hybridized carbons (Fsp3) is 0.737. The smallest absolute Gasteiger partial charge is 0.257 e. The Morgan fingerprint density at radius 2 is 2.00 bits per heavy atom. The number of hydrogen-bond donors (Lipinski definition) is 1. The number of nitrogens with one attached hydrogen (secondary N) is 1. The van der Waals surface area contributed by atoms with E-state index in [2.05, 4.69) is 17.3 Å². The minimum atomic E-state index is -0.328. The zero-order valence-corrected chi connectivity index (χ0v) is 15.2. The van der Waals surface area contributed by atoms with Crippen molar-refractivity contribution in [2.45, 2.75) is 70.9 Å². The van der Waals surface area contributed by atoms with Crippen molar-refractivity contribution >= 4 is 11.8 Å². The highest BCUT2D eigenvalue weighted by Gasteiger charge is 2.35. The largest absolute Gasteiger partial charge is 0.354 e. The van der Waals surface area contributed by atoms with Crippen LogP contribution in [-0.2, 0) is 11.3 Å². The normalized spacial score (nSPS) is 21.5. The van der Waals surface area contributed by atoms with Crippen molar-refractivity contribution < 1.29 is 9.59 Å². The van der Waals surface area contributed by atoms with Crippen LogP contribution in [0.2, 0.25) is 0 Å². The first-order valence-corrected chi connectivity index (χ1v) is 9.80. The van der Waals surface area contributed by atoms with Gasteiger partial charge in [-0.05, 0) is 38.0 Å². The van der Waals surface area contributed by atoms with Gasteiger partial charge in [-0.15, -0.1) is 0 Å². The summed E-state index contributed by atoms with van der Waals surface area (Å²) in [6.07, 6.45) is 12.3. The molecule has 6 nitrogen and oxygen atoms in total. The Bertz CT molecular complexity index is 592. The Labute approximate surface area is 149 Å². The van der Waals surface area contributed by atoms with Crippen LogP contribution in [0.3, 0.4) is 0 Å². The third-order valence-electron chi connectivity index (χ3n) is 5.44. The number of carbonyl (C=O) groups is 2. The summed E-state index contributed by atoms with van der Waals surface area (Å²) in [4.78, 5) is 27.1. The zero-order valence-electron chi connectivity index (χ0n) is 15.2. The Kier molecular flexibility index (Phi) is 6.10. The van der Waals surface area contributed by atoms with Crippen molar-refractivity contribution in [2.75, 3.05) is 13.1 Å². The minimum absolute atomic E-state index is 0.0115. The van der Waals surface area contributed by atoms with E-state index in [9.17, 15) is 9.59 Å². The SMILES string of the molecule is CCCn1cc(C(=O)N2CCC[C@H]2C(=O)NCC2CCCCC2)cn1. The molecule has 0 aromatic carbocycles. The maximum absolute atomic E-state index is 12.8. The predicted octanol–water partition coefficient (Wildman–Crippen LogP) is 2.59. The summed E-state index contributed by atoms with van der Waals surface area (Å²) >= 11 is 0. The van der Waals surface area contributed by atoms with Crippen molar-refractivity contribution in [1.82, 2.24) is 20.0 Å². The van der Waals surface area contributed by atoms with Crippen molar-refractivity contribution in [3.05, 3.63) is 18.0 Å². The van der Waals surface area contributed by atoms with E-state index in [0.29, 0.717) is 18.0 Å². The molecule has 6 heteroatoms. The lowest BCUT2D eigenvalue weighted by molar-refractivity contribution is -0.125. The molecule has 2 heterocycles. The topological polar surface area (TPSA) is 67.2 Å². The van der Waals surface area contributed by atoms with E-state index in [-0.39, 0.29) is 17.9 Å². The van der Waals surface area contributed by atoms with E-state index in [1.165, 1.54) is 32.1 Å². The number of aromatic nitrogens is 2. The van der Waals surface area contributed by atoms with E-state index >= 15 is 0 Å². The molecule has 1 aliphatic heterocycles. The molecule has 0 unspecified atom stereocenters. The van der Waals surface area contributed by atoms with Gasteiger partial charge in [0.05, 0.1) is 11.8 Å². The summed E-state index contributed by atoms with van der Waals surface area (Å²) in [5.41, 5.74) is 0.584. The van der Waals surface area contributed by atoms with Gasteiger partial charge in [0.15, 0.2) is 0 Å². The molecule has 3 rings (SSSR count). The fourth-order valence-corrected chi connectivity index (χ4v) is 4.03. The van der Waals surface area contributed by atoms with Crippen LogP contribution in [0.1, 0.15) is 68.6 Å². The Morgan fingerprint density at radius 3 is 2.76 bits per heavy atom. The van der Waals surface area contributed by atoms with E-state index in [4.69, 9.17) is 0 Å². The Hall–Kier alpha value is -1.85. The molecule has 2 fully saturated rings. The summed E-state index contributed by atoms with van der Waals surface area (Å²) in [5.74, 6) is 0.547. The van der Waals surface area contributed by atoms with Crippen molar-refractivity contribution in [3.8, 4) is 0 Å². The van der Waals surface area contributed by atoms with Crippen LogP contribution in [0.5, 0.6) is 0 Å². The quantitative estimate of drug-likeness (QED) is 0.861. The number of nitrogens with zero attached hydrogens (tertiary/aromatic N) is 3. The lowest BCUT2D eigenvalue weighted by Crippen LogP contribution is -2.47. The highest BCUT2D eigenvalue weighted by atomic mass is 16.2. The summed E-state index contributed by atoms with van der Waals surface area (Å²) in [6, 6.07) is -0.328. The number of carbonyl (C=O) groups excluding carboxylic acids is 2. The maximum atomic E-state index is 12.8. The van der Waals surface area contributed by atoms with Crippen LogP contribution in [0, 0.1) is 5.92 Å². The van der Waals surface area contributed by atoms with Gasteiger partial charge < -0.3 is 10.2 Å². The molecule has 0 radical (unpaired) electrons. The second-order valence-corrected chi connectivity index (χ2v) is 7.40. The van der Waals surface area contributed by atoms with Crippen LogP contribution in [-0.4, -0.2) is 45.6 Å². The van der Waals surface area contributed by atoms with Gasteiger partial charge in [0.1, 0.15) is 6.04 Å². The average Bonchev–Trinajstić information content (AvgIpc) is 3.30. The summed E-state index contributed by atoms with van der Waals surface area (Å²) in [5, 5.41) is 7.34. The third kappa shape index (κ3) is 4.41. The number of likely N-dealkylation sites (tertiary alicyclic amines) is 1. The molecule has 138 valence electrons. The summed E-state index contributed by atoms with van der Waals surface area (Å²) < 4.78 is 1.79. The first-order valence-electron chi connectivity index (χ1n) is 9.80. The maximum Gasteiger partial charge on any atom is 0.257 e. The van der Waals surface area contributed by atoms with E-state index in [1.54, 1.807) is 22.0 Å². The van der Waals surface area contributed by atoms with Gasteiger partial charge >= 0.3 is 0 Å². The molecule has 1 saturated carbocycles. The third-order valence-corrected chi connectivity index (χ3v) is 5.44. The Morgan fingerprint density at radius 1 is 1.20 bits per heavy atom. The lowest BCUT2D eigenvalue weighted by atomic mass is 9.89. The van der Waals surface area contributed by atoms with Gasteiger partial charge in [-0.1, -0.05) is 26.2 Å². The second kappa shape index (κ2) is 8.50. The van der Waals surface area contributed by atoms with E-state index in [1.807, 2.05) is 0 Å². The molecule has 2 amide bonds. The molecule has 1 aliphatic carbocycles. The second-order valence-electron chi connectivity index (χ2n) is 7.40. The molecular formula is C19H30N4O2. The van der Waals surface area contributed by atoms with Gasteiger partial charge in [-0.3, -0.25) is 14.3 Å². The van der Waals surface area contributed by atoms with Crippen molar-refractivity contribution in [2.24, 2.45) is 5.92 Å². The molecule has 0 spiro atoms. The van der Waals surface area contributed by atoms with E-state index < -0.39 is 0 Å². The molecule has 25 heavy (non-hydrogen) atoms. The van der Waals surface area contributed by atoms with Crippen LogP contribution in [0.25, 0.3) is 0 Å².